The largest absolute Gasteiger partial charge is 0.481 e. The van der Waals surface area contributed by atoms with Crippen LogP contribution in [0.4, 0.5) is 0 Å². The highest BCUT2D eigenvalue weighted by atomic mass is 79.9. The standard InChI is InChI=1S/C15H20BrNO3S/c1-11(2-7-15(19)20)8-9-17-14(18)10-21-13-5-3-12(16)4-6-13/h3-6,11H,2,7-10H2,1H3,(H,17,18)(H,19,20). The maximum Gasteiger partial charge on any atom is 0.303 e. The molecule has 6 heteroatoms. The Morgan fingerprint density at radius 2 is 1.95 bits per heavy atom. The molecule has 1 aromatic carbocycles. The van der Waals surface area contributed by atoms with Crippen LogP contribution in [0.5, 0.6) is 0 Å². The summed E-state index contributed by atoms with van der Waals surface area (Å²) in [5.74, 6) is -0.0591. The number of carboxylic acid groups (broad SMARTS) is 1. The van der Waals surface area contributed by atoms with Gasteiger partial charge in [-0.15, -0.1) is 11.8 Å². The van der Waals surface area contributed by atoms with Gasteiger partial charge in [0.05, 0.1) is 5.75 Å². The summed E-state index contributed by atoms with van der Waals surface area (Å²) in [6.07, 6.45) is 1.65. The minimum Gasteiger partial charge on any atom is -0.481 e. The van der Waals surface area contributed by atoms with Crippen LogP contribution in [0, 0.1) is 5.92 Å². The third-order valence-corrected chi connectivity index (χ3v) is 4.53. The Morgan fingerprint density at radius 1 is 1.29 bits per heavy atom. The molecule has 0 aliphatic carbocycles. The van der Waals surface area contributed by atoms with Crippen molar-refractivity contribution in [1.29, 1.82) is 0 Å². The van der Waals surface area contributed by atoms with Crippen molar-refractivity contribution in [3.63, 3.8) is 0 Å². The lowest BCUT2D eigenvalue weighted by Gasteiger charge is -2.10. The van der Waals surface area contributed by atoms with Gasteiger partial charge in [0.1, 0.15) is 0 Å². The Labute approximate surface area is 137 Å². The molecule has 0 saturated heterocycles. The number of benzene rings is 1. The van der Waals surface area contributed by atoms with E-state index in [1.54, 1.807) is 0 Å². The second-order valence-electron chi connectivity index (χ2n) is 4.92. The minimum absolute atomic E-state index is 0.00773. The van der Waals surface area contributed by atoms with E-state index < -0.39 is 5.97 Å². The van der Waals surface area contributed by atoms with Crippen LogP contribution in [-0.2, 0) is 9.59 Å². The molecule has 0 aliphatic heterocycles. The SMILES string of the molecule is CC(CCNC(=O)CSc1ccc(Br)cc1)CCC(=O)O. The lowest BCUT2D eigenvalue weighted by atomic mass is 10.0. The molecule has 1 amide bonds. The van der Waals surface area contributed by atoms with Crippen LogP contribution in [0.2, 0.25) is 0 Å². The Balaban J connectivity index is 2.13. The molecular weight excluding hydrogens is 354 g/mol. The average molecular weight is 374 g/mol. The highest BCUT2D eigenvalue weighted by Crippen LogP contribution is 2.20. The van der Waals surface area contributed by atoms with E-state index in [1.165, 1.54) is 11.8 Å². The number of hydrogen-bond acceptors (Lipinski definition) is 3. The van der Waals surface area contributed by atoms with Crippen LogP contribution < -0.4 is 5.32 Å². The van der Waals surface area contributed by atoms with Crippen LogP contribution in [0.3, 0.4) is 0 Å². The number of aliphatic carboxylic acids is 1. The molecule has 0 bridgehead atoms. The summed E-state index contributed by atoms with van der Waals surface area (Å²) in [5, 5.41) is 11.5. The maximum absolute atomic E-state index is 11.7. The zero-order valence-corrected chi connectivity index (χ0v) is 14.4. The molecule has 1 atom stereocenters. The van der Waals surface area contributed by atoms with E-state index in [4.69, 9.17) is 5.11 Å². The van der Waals surface area contributed by atoms with Gasteiger partial charge in [-0.25, -0.2) is 0 Å². The second kappa shape index (κ2) is 9.84. The molecule has 1 aromatic rings. The number of thioether (sulfide) groups is 1. The topological polar surface area (TPSA) is 66.4 Å². The first-order chi connectivity index (χ1) is 9.97. The molecule has 21 heavy (non-hydrogen) atoms. The third-order valence-electron chi connectivity index (χ3n) is 2.99. The summed E-state index contributed by atoms with van der Waals surface area (Å²) < 4.78 is 1.02. The molecule has 0 heterocycles. The van der Waals surface area contributed by atoms with Crippen LogP contribution in [0.15, 0.2) is 33.6 Å². The molecule has 116 valence electrons. The van der Waals surface area contributed by atoms with Gasteiger partial charge in [0.2, 0.25) is 5.91 Å². The molecule has 0 radical (unpaired) electrons. The van der Waals surface area contributed by atoms with Gasteiger partial charge >= 0.3 is 5.97 Å². The summed E-state index contributed by atoms with van der Waals surface area (Å²) in [6, 6.07) is 7.83. The number of hydrogen-bond donors (Lipinski definition) is 2. The number of rotatable bonds is 9. The first kappa shape index (κ1) is 18.0. The van der Waals surface area contributed by atoms with Crippen molar-refractivity contribution in [2.45, 2.75) is 31.1 Å². The van der Waals surface area contributed by atoms with Gasteiger partial charge in [0.25, 0.3) is 0 Å². The molecule has 0 aromatic heterocycles. The molecule has 0 saturated carbocycles. The van der Waals surface area contributed by atoms with E-state index in [1.807, 2.05) is 31.2 Å². The summed E-state index contributed by atoms with van der Waals surface area (Å²) in [4.78, 5) is 23.2. The molecule has 0 aliphatic rings. The summed E-state index contributed by atoms with van der Waals surface area (Å²) >= 11 is 4.87. The molecule has 0 fully saturated rings. The number of carboxylic acids is 1. The maximum atomic E-state index is 11.7. The monoisotopic (exact) mass is 373 g/mol. The summed E-state index contributed by atoms with van der Waals surface area (Å²) in [6.45, 7) is 2.60. The summed E-state index contributed by atoms with van der Waals surface area (Å²) in [5.41, 5.74) is 0. The number of amides is 1. The van der Waals surface area contributed by atoms with Crippen molar-refractivity contribution in [2.24, 2.45) is 5.92 Å². The lowest BCUT2D eigenvalue weighted by molar-refractivity contribution is -0.137. The average Bonchev–Trinajstić information content (AvgIpc) is 2.44. The zero-order valence-electron chi connectivity index (χ0n) is 12.0. The normalized spacial score (nSPS) is 11.9. The number of carbonyl (C=O) groups excluding carboxylic acids is 1. The van der Waals surface area contributed by atoms with Crippen LogP contribution in [0.1, 0.15) is 26.2 Å². The van der Waals surface area contributed by atoms with Crippen molar-refractivity contribution in [2.75, 3.05) is 12.3 Å². The predicted octanol–water partition coefficient (Wildman–Crippen LogP) is 3.55. The predicted molar refractivity (Wildman–Crippen MR) is 88.5 cm³/mol. The number of halogens is 1. The first-order valence-electron chi connectivity index (χ1n) is 6.84. The number of nitrogens with one attached hydrogen (secondary N) is 1. The van der Waals surface area contributed by atoms with E-state index in [0.29, 0.717) is 24.6 Å². The fourth-order valence-corrected chi connectivity index (χ4v) is 2.70. The van der Waals surface area contributed by atoms with Gasteiger partial charge in [-0.1, -0.05) is 22.9 Å². The smallest absolute Gasteiger partial charge is 0.303 e. The van der Waals surface area contributed by atoms with Gasteiger partial charge in [0, 0.05) is 22.3 Å². The van der Waals surface area contributed by atoms with Gasteiger partial charge < -0.3 is 10.4 Å². The highest BCUT2D eigenvalue weighted by molar-refractivity contribution is 9.10. The van der Waals surface area contributed by atoms with Crippen molar-refractivity contribution < 1.29 is 14.7 Å². The fraction of sp³-hybridized carbons (Fsp3) is 0.467. The zero-order chi connectivity index (χ0) is 15.7. The Bertz CT molecular complexity index is 464. The molecule has 1 rings (SSSR count). The Kier molecular flexibility index (Phi) is 8.45. The van der Waals surface area contributed by atoms with Gasteiger partial charge in [-0.05, 0) is 43.0 Å². The molecule has 0 spiro atoms. The van der Waals surface area contributed by atoms with Crippen molar-refractivity contribution >= 4 is 39.6 Å². The van der Waals surface area contributed by atoms with E-state index in [0.717, 1.165) is 15.8 Å². The first-order valence-corrected chi connectivity index (χ1v) is 8.62. The quantitative estimate of drug-likeness (QED) is 0.649. The van der Waals surface area contributed by atoms with Crippen LogP contribution >= 0.6 is 27.7 Å². The van der Waals surface area contributed by atoms with Crippen LogP contribution in [-0.4, -0.2) is 29.3 Å². The van der Waals surface area contributed by atoms with E-state index >= 15 is 0 Å². The molecule has 4 nitrogen and oxygen atoms in total. The molecule has 2 N–H and O–H groups in total. The van der Waals surface area contributed by atoms with Gasteiger partial charge in [0.15, 0.2) is 0 Å². The minimum atomic E-state index is -0.767. The third kappa shape index (κ3) is 8.78. The van der Waals surface area contributed by atoms with Crippen molar-refractivity contribution in [3.8, 4) is 0 Å². The second-order valence-corrected chi connectivity index (χ2v) is 6.88. The van der Waals surface area contributed by atoms with Crippen molar-refractivity contribution in [1.82, 2.24) is 5.32 Å². The Morgan fingerprint density at radius 3 is 2.57 bits per heavy atom. The van der Waals surface area contributed by atoms with E-state index in [2.05, 4.69) is 21.2 Å². The van der Waals surface area contributed by atoms with Crippen molar-refractivity contribution in [3.05, 3.63) is 28.7 Å². The number of carbonyl (C=O) groups is 2. The van der Waals surface area contributed by atoms with Gasteiger partial charge in [-0.3, -0.25) is 9.59 Å². The highest BCUT2D eigenvalue weighted by Gasteiger charge is 2.07. The fourth-order valence-electron chi connectivity index (χ4n) is 1.70. The molecular formula is C15H20BrNO3S. The summed E-state index contributed by atoms with van der Waals surface area (Å²) in [7, 11) is 0. The Hall–Kier alpha value is -1.01. The van der Waals surface area contributed by atoms with Gasteiger partial charge in [-0.2, -0.15) is 0 Å². The molecule has 1 unspecified atom stereocenters. The van der Waals surface area contributed by atoms with E-state index in [9.17, 15) is 9.59 Å². The van der Waals surface area contributed by atoms with Crippen LogP contribution in [0.25, 0.3) is 0 Å². The lowest BCUT2D eigenvalue weighted by Crippen LogP contribution is -2.27. The van der Waals surface area contributed by atoms with E-state index in [-0.39, 0.29) is 12.3 Å².